The third-order valence-electron chi connectivity index (χ3n) is 4.40. The van der Waals surface area contributed by atoms with Crippen LogP contribution in [0.3, 0.4) is 0 Å². The first-order valence-corrected chi connectivity index (χ1v) is 10.3. The highest BCUT2D eigenvalue weighted by atomic mass is 127. The highest BCUT2D eigenvalue weighted by molar-refractivity contribution is 14.0. The van der Waals surface area contributed by atoms with Crippen LogP contribution >= 0.6 is 24.0 Å². The van der Waals surface area contributed by atoms with Crippen molar-refractivity contribution in [1.82, 2.24) is 14.5 Å². The molecule has 1 aromatic carbocycles. The number of sulfonamides is 1. The lowest BCUT2D eigenvalue weighted by atomic mass is 10.0. The first kappa shape index (κ1) is 23.2. The molecule has 0 bridgehead atoms. The molecule has 0 spiro atoms. The molecule has 1 saturated heterocycles. The van der Waals surface area contributed by atoms with E-state index in [0.717, 1.165) is 31.2 Å². The van der Waals surface area contributed by atoms with Crippen molar-refractivity contribution in [2.24, 2.45) is 10.9 Å². The van der Waals surface area contributed by atoms with Gasteiger partial charge in [-0.3, -0.25) is 0 Å². The van der Waals surface area contributed by atoms with E-state index in [1.165, 1.54) is 31.2 Å². The van der Waals surface area contributed by atoms with Crippen molar-refractivity contribution in [3.63, 3.8) is 0 Å². The van der Waals surface area contributed by atoms with E-state index in [1.54, 1.807) is 12.1 Å². The highest BCUT2D eigenvalue weighted by Crippen LogP contribution is 2.17. The van der Waals surface area contributed by atoms with Crippen molar-refractivity contribution in [2.45, 2.75) is 38.1 Å². The summed E-state index contributed by atoms with van der Waals surface area (Å²) >= 11 is 0. The van der Waals surface area contributed by atoms with Gasteiger partial charge < -0.3 is 10.2 Å². The molecule has 8 heteroatoms. The summed E-state index contributed by atoms with van der Waals surface area (Å²) in [4.78, 5) is 7.37. The van der Waals surface area contributed by atoms with Crippen LogP contribution in [0.2, 0.25) is 0 Å². The van der Waals surface area contributed by atoms with Gasteiger partial charge in [0, 0.05) is 33.7 Å². The van der Waals surface area contributed by atoms with Crippen LogP contribution in [0.5, 0.6) is 0 Å². The number of halogens is 1. The lowest BCUT2D eigenvalue weighted by Crippen LogP contribution is -2.46. The molecule has 1 heterocycles. The molecule has 6 nitrogen and oxygen atoms in total. The molecule has 0 aromatic heterocycles. The van der Waals surface area contributed by atoms with Crippen LogP contribution in [0.25, 0.3) is 0 Å². The SMILES string of the molecule is CCNC(=NCc1ccc(S(=O)(=O)N(C)C)cc1)N1CCCC(C)C1.I. The second kappa shape index (κ2) is 10.5. The van der Waals surface area contributed by atoms with Gasteiger partial charge in [-0.2, -0.15) is 0 Å². The van der Waals surface area contributed by atoms with Gasteiger partial charge in [0.1, 0.15) is 0 Å². The molecule has 1 atom stereocenters. The predicted octanol–water partition coefficient (Wildman–Crippen LogP) is 2.75. The minimum absolute atomic E-state index is 0. The molecule has 1 aliphatic rings. The van der Waals surface area contributed by atoms with Crippen molar-refractivity contribution in [3.8, 4) is 0 Å². The number of hydrogen-bond acceptors (Lipinski definition) is 3. The lowest BCUT2D eigenvalue weighted by molar-refractivity contribution is 0.266. The summed E-state index contributed by atoms with van der Waals surface area (Å²) in [6.07, 6.45) is 2.47. The Balaban J connectivity index is 0.00000338. The van der Waals surface area contributed by atoms with Crippen molar-refractivity contribution in [2.75, 3.05) is 33.7 Å². The summed E-state index contributed by atoms with van der Waals surface area (Å²) in [5.41, 5.74) is 0.998. The van der Waals surface area contributed by atoms with E-state index < -0.39 is 10.0 Å². The van der Waals surface area contributed by atoms with Gasteiger partial charge in [-0.25, -0.2) is 17.7 Å². The first-order valence-electron chi connectivity index (χ1n) is 8.89. The van der Waals surface area contributed by atoms with Crippen LogP contribution in [0.1, 0.15) is 32.3 Å². The fraction of sp³-hybridized carbons (Fsp3) is 0.611. The predicted molar refractivity (Wildman–Crippen MR) is 118 cm³/mol. The number of nitrogens with one attached hydrogen (secondary N) is 1. The van der Waals surface area contributed by atoms with E-state index in [-0.39, 0.29) is 24.0 Å². The molecule has 1 unspecified atom stereocenters. The maximum Gasteiger partial charge on any atom is 0.242 e. The second-order valence-electron chi connectivity index (χ2n) is 6.79. The van der Waals surface area contributed by atoms with E-state index >= 15 is 0 Å². The summed E-state index contributed by atoms with van der Waals surface area (Å²) in [6, 6.07) is 6.97. The van der Waals surface area contributed by atoms with Crippen LogP contribution in [0.15, 0.2) is 34.2 Å². The summed E-state index contributed by atoms with van der Waals surface area (Å²) in [6.45, 7) is 7.80. The summed E-state index contributed by atoms with van der Waals surface area (Å²) in [5.74, 6) is 1.63. The summed E-state index contributed by atoms with van der Waals surface area (Å²) in [5, 5.41) is 3.37. The molecule has 148 valence electrons. The maximum absolute atomic E-state index is 12.1. The molecule has 0 amide bonds. The molecule has 0 radical (unpaired) electrons. The molecule has 0 saturated carbocycles. The molecule has 1 N–H and O–H groups in total. The van der Waals surface area contributed by atoms with Crippen LogP contribution in [0, 0.1) is 5.92 Å². The molecule has 1 aromatic rings. The number of benzene rings is 1. The molecule has 0 aliphatic carbocycles. The Labute approximate surface area is 175 Å². The van der Waals surface area contributed by atoms with Crippen molar-refractivity contribution in [1.29, 1.82) is 0 Å². The number of rotatable bonds is 5. The van der Waals surface area contributed by atoms with Crippen LogP contribution in [-0.4, -0.2) is 57.3 Å². The van der Waals surface area contributed by atoms with Gasteiger partial charge in [0.2, 0.25) is 10.0 Å². The minimum Gasteiger partial charge on any atom is -0.357 e. The van der Waals surface area contributed by atoms with E-state index in [9.17, 15) is 8.42 Å². The van der Waals surface area contributed by atoms with E-state index in [0.29, 0.717) is 17.4 Å². The minimum atomic E-state index is -3.38. The number of guanidine groups is 1. The van der Waals surface area contributed by atoms with Gasteiger partial charge in [0.15, 0.2) is 5.96 Å². The fourth-order valence-corrected chi connectivity index (χ4v) is 3.85. The molecule has 26 heavy (non-hydrogen) atoms. The van der Waals surface area contributed by atoms with Crippen molar-refractivity contribution in [3.05, 3.63) is 29.8 Å². The summed E-state index contributed by atoms with van der Waals surface area (Å²) < 4.78 is 25.5. The van der Waals surface area contributed by atoms with Gasteiger partial charge in [-0.15, -0.1) is 24.0 Å². The Kier molecular flexibility index (Phi) is 9.32. The topological polar surface area (TPSA) is 65.0 Å². The highest BCUT2D eigenvalue weighted by Gasteiger charge is 2.19. The zero-order valence-corrected chi connectivity index (χ0v) is 19.3. The quantitative estimate of drug-likeness (QED) is 0.389. The van der Waals surface area contributed by atoms with Crippen LogP contribution in [0.4, 0.5) is 0 Å². The van der Waals surface area contributed by atoms with E-state index in [2.05, 4.69) is 24.1 Å². The molecule has 1 aliphatic heterocycles. The molecular weight excluding hydrogens is 463 g/mol. The van der Waals surface area contributed by atoms with Crippen LogP contribution in [-0.2, 0) is 16.6 Å². The average Bonchev–Trinajstić information content (AvgIpc) is 2.59. The lowest BCUT2D eigenvalue weighted by Gasteiger charge is -2.33. The molecular formula is C18H31IN4O2S. The van der Waals surface area contributed by atoms with Crippen molar-refractivity contribution >= 4 is 40.0 Å². The summed E-state index contributed by atoms with van der Waals surface area (Å²) in [7, 11) is -0.305. The van der Waals surface area contributed by atoms with Gasteiger partial charge in [0.05, 0.1) is 11.4 Å². The standard InChI is InChI=1S/C18H30N4O2S.HI/c1-5-19-18(22-12-6-7-15(2)14-22)20-13-16-8-10-17(11-9-16)25(23,24)21(3)4;/h8-11,15H,5-7,12-14H2,1-4H3,(H,19,20);1H. The Bertz CT molecular complexity index is 690. The number of aliphatic imine (C=N–C) groups is 1. The average molecular weight is 494 g/mol. The largest absolute Gasteiger partial charge is 0.357 e. The van der Waals surface area contributed by atoms with Gasteiger partial charge in [-0.1, -0.05) is 19.1 Å². The third kappa shape index (κ3) is 6.09. The Morgan fingerprint density at radius 2 is 1.96 bits per heavy atom. The second-order valence-corrected chi connectivity index (χ2v) is 8.95. The van der Waals surface area contributed by atoms with Crippen LogP contribution < -0.4 is 5.32 Å². The Morgan fingerprint density at radius 3 is 2.50 bits per heavy atom. The smallest absolute Gasteiger partial charge is 0.242 e. The third-order valence-corrected chi connectivity index (χ3v) is 6.23. The monoisotopic (exact) mass is 494 g/mol. The van der Waals surface area contributed by atoms with E-state index in [4.69, 9.17) is 4.99 Å². The Morgan fingerprint density at radius 1 is 1.31 bits per heavy atom. The van der Waals surface area contributed by atoms with Gasteiger partial charge in [0.25, 0.3) is 0 Å². The number of likely N-dealkylation sites (tertiary alicyclic amines) is 1. The van der Waals surface area contributed by atoms with Gasteiger partial charge >= 0.3 is 0 Å². The number of piperidine rings is 1. The molecule has 1 fully saturated rings. The van der Waals surface area contributed by atoms with Crippen molar-refractivity contribution < 1.29 is 8.42 Å². The zero-order chi connectivity index (χ0) is 18.4. The normalized spacial score (nSPS) is 18.6. The number of hydrogen-bond donors (Lipinski definition) is 1. The number of nitrogens with zero attached hydrogens (tertiary/aromatic N) is 3. The molecule has 2 rings (SSSR count). The zero-order valence-electron chi connectivity index (χ0n) is 16.1. The van der Waals surface area contributed by atoms with E-state index in [1.807, 2.05) is 12.1 Å². The first-order chi connectivity index (χ1) is 11.8. The fourth-order valence-electron chi connectivity index (χ4n) is 2.95. The maximum atomic E-state index is 12.1. The Hall–Kier alpha value is -0.870. The van der Waals surface area contributed by atoms with Gasteiger partial charge in [-0.05, 0) is 43.4 Å².